The summed E-state index contributed by atoms with van der Waals surface area (Å²) < 4.78 is 52.6. The van der Waals surface area contributed by atoms with Gasteiger partial charge in [0, 0.05) is 12.5 Å². The number of hydrogen-bond acceptors (Lipinski definition) is 2. The monoisotopic (exact) mass is 382 g/mol. The molecule has 2 N–H and O–H groups in total. The number of hydrogen-bond donors (Lipinski definition) is 2. The van der Waals surface area contributed by atoms with Crippen molar-refractivity contribution in [2.45, 2.75) is 12.1 Å². The number of carbonyl (C=O) groups excluding carboxylic acids is 1. The van der Waals surface area contributed by atoms with Gasteiger partial charge in [0.1, 0.15) is 5.82 Å². The molecular weight excluding hydrogens is 368 g/mol. The molecule has 0 saturated carbocycles. The molecule has 1 aliphatic heterocycles. The molecule has 3 nitrogen and oxygen atoms in total. The molecule has 2 aromatic rings. The molecule has 2 atom stereocenters. The minimum absolute atomic E-state index is 0.00464. The molecular formula is C18H14F4N2OS. The fraction of sp³-hybridized carbons (Fsp3) is 0.222. The highest BCUT2D eigenvalue weighted by atomic mass is 32.1. The summed E-state index contributed by atoms with van der Waals surface area (Å²) in [6, 6.07) is 10.5. The number of rotatable bonds is 3. The predicted octanol–water partition coefficient (Wildman–Crippen LogP) is 4.11. The summed E-state index contributed by atoms with van der Waals surface area (Å²) >= 11 is 5.16. The molecule has 3 rings (SSSR count). The van der Waals surface area contributed by atoms with Gasteiger partial charge in [0.05, 0.1) is 22.2 Å². The van der Waals surface area contributed by atoms with E-state index in [-0.39, 0.29) is 17.2 Å². The second kappa shape index (κ2) is 7.03. The second-order valence-corrected chi connectivity index (χ2v) is 6.36. The Bertz CT molecular complexity index is 853. The SMILES string of the molecule is O=C(Nc1ccccc1F)C1C(=S)NCC1c1cccc(C(F)(F)F)c1. The Morgan fingerprint density at radius 3 is 2.58 bits per heavy atom. The van der Waals surface area contributed by atoms with Crippen LogP contribution in [0.2, 0.25) is 0 Å². The summed E-state index contributed by atoms with van der Waals surface area (Å²) in [4.78, 5) is 12.8. The topological polar surface area (TPSA) is 41.1 Å². The van der Waals surface area contributed by atoms with Crippen molar-refractivity contribution in [2.75, 3.05) is 11.9 Å². The zero-order valence-electron chi connectivity index (χ0n) is 13.3. The molecule has 1 aliphatic rings. The van der Waals surface area contributed by atoms with Gasteiger partial charge in [0.25, 0.3) is 0 Å². The van der Waals surface area contributed by atoms with Gasteiger partial charge >= 0.3 is 6.18 Å². The first kappa shape index (κ1) is 18.3. The highest BCUT2D eigenvalue weighted by molar-refractivity contribution is 7.80. The molecule has 1 heterocycles. The first-order valence-electron chi connectivity index (χ1n) is 7.77. The lowest BCUT2D eigenvalue weighted by Gasteiger charge is -2.19. The molecule has 0 aromatic heterocycles. The maximum absolute atomic E-state index is 13.8. The zero-order chi connectivity index (χ0) is 18.9. The Balaban J connectivity index is 1.87. The summed E-state index contributed by atoms with van der Waals surface area (Å²) in [5, 5.41) is 5.32. The third kappa shape index (κ3) is 3.70. The van der Waals surface area contributed by atoms with Gasteiger partial charge in [-0.15, -0.1) is 0 Å². The van der Waals surface area contributed by atoms with Crippen molar-refractivity contribution in [1.29, 1.82) is 0 Å². The first-order chi connectivity index (χ1) is 12.3. The van der Waals surface area contributed by atoms with E-state index in [1.54, 1.807) is 6.07 Å². The first-order valence-corrected chi connectivity index (χ1v) is 8.18. The van der Waals surface area contributed by atoms with Crippen LogP contribution in [0, 0.1) is 11.7 Å². The summed E-state index contributed by atoms with van der Waals surface area (Å²) in [7, 11) is 0. The average Bonchev–Trinajstić information content (AvgIpc) is 2.98. The summed E-state index contributed by atoms with van der Waals surface area (Å²) in [5.74, 6) is -2.62. The van der Waals surface area contributed by atoms with Crippen LogP contribution in [-0.4, -0.2) is 17.4 Å². The second-order valence-electron chi connectivity index (χ2n) is 5.92. The Labute approximate surface area is 152 Å². The van der Waals surface area contributed by atoms with Gasteiger partial charge in [-0.25, -0.2) is 4.39 Å². The van der Waals surface area contributed by atoms with Crippen molar-refractivity contribution in [3.05, 3.63) is 65.5 Å². The number of halogens is 4. The number of anilines is 1. The Kier molecular flexibility index (Phi) is 4.95. The third-order valence-corrected chi connectivity index (χ3v) is 4.64. The van der Waals surface area contributed by atoms with E-state index in [0.29, 0.717) is 5.56 Å². The minimum Gasteiger partial charge on any atom is -0.378 e. The molecule has 2 aromatic carbocycles. The lowest BCUT2D eigenvalue weighted by molar-refractivity contribution is -0.137. The van der Waals surface area contributed by atoms with E-state index in [0.717, 1.165) is 12.1 Å². The van der Waals surface area contributed by atoms with Crippen LogP contribution in [0.5, 0.6) is 0 Å². The summed E-state index contributed by atoms with van der Waals surface area (Å²) in [6.45, 7) is 0.232. The van der Waals surface area contributed by atoms with Gasteiger partial charge in [-0.3, -0.25) is 4.79 Å². The molecule has 8 heteroatoms. The van der Waals surface area contributed by atoms with Crippen molar-refractivity contribution < 1.29 is 22.4 Å². The van der Waals surface area contributed by atoms with E-state index < -0.39 is 35.3 Å². The molecule has 2 unspecified atom stereocenters. The van der Waals surface area contributed by atoms with Gasteiger partial charge in [-0.1, -0.05) is 42.5 Å². The highest BCUT2D eigenvalue weighted by Crippen LogP contribution is 2.35. The van der Waals surface area contributed by atoms with Crippen LogP contribution >= 0.6 is 12.2 Å². The third-order valence-electron chi connectivity index (χ3n) is 4.24. The largest absolute Gasteiger partial charge is 0.416 e. The van der Waals surface area contributed by atoms with Crippen molar-refractivity contribution in [1.82, 2.24) is 5.32 Å². The van der Waals surface area contributed by atoms with Gasteiger partial charge in [-0.2, -0.15) is 13.2 Å². The van der Waals surface area contributed by atoms with E-state index in [1.807, 2.05) is 0 Å². The Morgan fingerprint density at radius 2 is 1.88 bits per heavy atom. The van der Waals surface area contributed by atoms with Crippen LogP contribution in [0.25, 0.3) is 0 Å². The van der Waals surface area contributed by atoms with Crippen LogP contribution in [0.3, 0.4) is 0 Å². The molecule has 1 fully saturated rings. The highest BCUT2D eigenvalue weighted by Gasteiger charge is 2.39. The standard InChI is InChI=1S/C18H14F4N2OS/c19-13-6-1-2-7-14(13)24-16(25)15-12(9-23-17(15)26)10-4-3-5-11(8-10)18(20,21)22/h1-8,12,15H,9H2,(H,23,26)(H,24,25). The van der Waals surface area contributed by atoms with Crippen molar-refractivity contribution in [3.63, 3.8) is 0 Å². The number of benzene rings is 2. The zero-order valence-corrected chi connectivity index (χ0v) is 14.1. The lowest BCUT2D eigenvalue weighted by atomic mass is 9.87. The van der Waals surface area contributed by atoms with Gasteiger partial charge in [-0.05, 0) is 23.8 Å². The number of amides is 1. The van der Waals surface area contributed by atoms with Gasteiger partial charge in [0.2, 0.25) is 5.91 Å². The smallest absolute Gasteiger partial charge is 0.378 e. The van der Waals surface area contributed by atoms with E-state index in [9.17, 15) is 22.4 Å². The number of carbonyl (C=O) groups is 1. The number of para-hydroxylation sites is 1. The van der Waals surface area contributed by atoms with Gasteiger partial charge in [0.15, 0.2) is 0 Å². The van der Waals surface area contributed by atoms with Crippen LogP contribution in [0.4, 0.5) is 23.2 Å². The molecule has 26 heavy (non-hydrogen) atoms. The van der Waals surface area contributed by atoms with Crippen molar-refractivity contribution >= 4 is 28.8 Å². The van der Waals surface area contributed by atoms with Crippen molar-refractivity contribution in [3.8, 4) is 0 Å². The number of thiocarbonyl (C=S) groups is 1. The Hall–Kier alpha value is -2.48. The maximum atomic E-state index is 13.8. The molecule has 0 radical (unpaired) electrons. The maximum Gasteiger partial charge on any atom is 0.416 e. The van der Waals surface area contributed by atoms with Crippen LogP contribution in [0.1, 0.15) is 17.0 Å². The van der Waals surface area contributed by atoms with Crippen LogP contribution in [-0.2, 0) is 11.0 Å². The molecule has 0 spiro atoms. The van der Waals surface area contributed by atoms with E-state index in [4.69, 9.17) is 12.2 Å². The molecule has 1 amide bonds. The normalized spacial score (nSPS) is 19.9. The molecule has 1 saturated heterocycles. The number of nitrogens with one attached hydrogen (secondary N) is 2. The molecule has 0 bridgehead atoms. The van der Waals surface area contributed by atoms with E-state index >= 15 is 0 Å². The predicted molar refractivity (Wildman–Crippen MR) is 93.3 cm³/mol. The Morgan fingerprint density at radius 1 is 1.15 bits per heavy atom. The average molecular weight is 382 g/mol. The minimum atomic E-state index is -4.48. The van der Waals surface area contributed by atoms with Crippen LogP contribution < -0.4 is 10.6 Å². The molecule has 0 aliphatic carbocycles. The fourth-order valence-corrected chi connectivity index (χ4v) is 3.31. The van der Waals surface area contributed by atoms with E-state index in [2.05, 4.69) is 10.6 Å². The van der Waals surface area contributed by atoms with Crippen molar-refractivity contribution in [2.24, 2.45) is 5.92 Å². The number of alkyl halides is 3. The lowest BCUT2D eigenvalue weighted by Crippen LogP contribution is -2.31. The summed E-state index contributed by atoms with van der Waals surface area (Å²) in [6.07, 6.45) is -4.48. The summed E-state index contributed by atoms with van der Waals surface area (Å²) in [5.41, 5.74) is -0.447. The molecule has 136 valence electrons. The fourth-order valence-electron chi connectivity index (χ4n) is 2.95. The quantitative estimate of drug-likeness (QED) is 0.620. The van der Waals surface area contributed by atoms with E-state index in [1.165, 1.54) is 30.3 Å². The van der Waals surface area contributed by atoms with Crippen LogP contribution in [0.15, 0.2) is 48.5 Å². The van der Waals surface area contributed by atoms with Gasteiger partial charge < -0.3 is 10.6 Å².